The van der Waals surface area contributed by atoms with Crippen LogP contribution in [0.25, 0.3) is 0 Å². The lowest BCUT2D eigenvalue weighted by atomic mass is 10.1. The fourth-order valence-electron chi connectivity index (χ4n) is 0.938. The van der Waals surface area contributed by atoms with Crippen molar-refractivity contribution in [1.29, 1.82) is 0 Å². The highest BCUT2D eigenvalue weighted by molar-refractivity contribution is 5.67. The smallest absolute Gasteiger partial charge is 0.305 e. The number of aromatic nitrogens is 2. The molecule has 0 bridgehead atoms. The summed E-state index contributed by atoms with van der Waals surface area (Å²) in [5.41, 5.74) is 6.32. The second-order valence-electron chi connectivity index (χ2n) is 2.65. The third kappa shape index (κ3) is 2.06. The van der Waals surface area contributed by atoms with Crippen molar-refractivity contribution in [3.8, 4) is 0 Å². The van der Waals surface area contributed by atoms with Gasteiger partial charge in [-0.3, -0.25) is 9.48 Å². The van der Waals surface area contributed by atoms with E-state index >= 15 is 0 Å². The molecule has 12 heavy (non-hydrogen) atoms. The Labute approximate surface area is 69.8 Å². The van der Waals surface area contributed by atoms with E-state index in [9.17, 15) is 4.79 Å². The number of carbonyl (C=O) groups is 1. The van der Waals surface area contributed by atoms with Gasteiger partial charge in [-0.2, -0.15) is 5.10 Å². The number of rotatable bonds is 3. The highest BCUT2D eigenvalue weighted by Crippen LogP contribution is 2.11. The van der Waals surface area contributed by atoms with E-state index in [4.69, 9.17) is 10.8 Å². The average Bonchev–Trinajstić information content (AvgIpc) is 2.34. The Morgan fingerprint density at radius 3 is 3.00 bits per heavy atom. The molecule has 1 atom stereocenters. The zero-order chi connectivity index (χ0) is 9.14. The Kier molecular flexibility index (Phi) is 2.44. The van der Waals surface area contributed by atoms with Gasteiger partial charge in [0.05, 0.1) is 12.6 Å². The highest BCUT2D eigenvalue weighted by atomic mass is 16.4. The molecule has 1 heterocycles. The standard InChI is InChI=1S/C7H11N3O2/c1-10-4-5(3-9-10)6(8)2-7(11)12/h3-4,6H,2,8H2,1H3,(H,11,12)/t6-/m0/s1. The van der Waals surface area contributed by atoms with Crippen LogP contribution in [0.3, 0.4) is 0 Å². The first-order valence-electron chi connectivity index (χ1n) is 3.55. The Hall–Kier alpha value is -1.36. The SMILES string of the molecule is Cn1cc([C@@H](N)CC(=O)O)cn1. The molecule has 0 saturated heterocycles. The fraction of sp³-hybridized carbons (Fsp3) is 0.429. The normalized spacial score (nSPS) is 12.8. The monoisotopic (exact) mass is 169 g/mol. The van der Waals surface area contributed by atoms with E-state index < -0.39 is 12.0 Å². The van der Waals surface area contributed by atoms with Gasteiger partial charge in [-0.15, -0.1) is 0 Å². The first-order valence-corrected chi connectivity index (χ1v) is 3.55. The van der Waals surface area contributed by atoms with Crippen molar-refractivity contribution in [1.82, 2.24) is 9.78 Å². The predicted octanol–water partition coefficient (Wildman–Crippen LogP) is -0.105. The molecule has 0 unspecified atom stereocenters. The average molecular weight is 169 g/mol. The maximum absolute atomic E-state index is 10.3. The molecule has 0 amide bonds. The topological polar surface area (TPSA) is 81.1 Å². The van der Waals surface area contributed by atoms with E-state index in [2.05, 4.69) is 5.10 Å². The van der Waals surface area contributed by atoms with E-state index in [1.807, 2.05) is 0 Å². The summed E-state index contributed by atoms with van der Waals surface area (Å²) < 4.78 is 1.59. The maximum Gasteiger partial charge on any atom is 0.305 e. The summed E-state index contributed by atoms with van der Waals surface area (Å²) >= 11 is 0. The van der Waals surface area contributed by atoms with E-state index in [1.54, 1.807) is 24.1 Å². The van der Waals surface area contributed by atoms with Crippen molar-refractivity contribution in [3.05, 3.63) is 18.0 Å². The van der Waals surface area contributed by atoms with Crippen LogP contribution in [0.2, 0.25) is 0 Å². The number of hydrogen-bond acceptors (Lipinski definition) is 3. The summed E-state index contributed by atoms with van der Waals surface area (Å²) in [6.07, 6.45) is 3.23. The van der Waals surface area contributed by atoms with E-state index in [0.717, 1.165) is 5.56 Å². The van der Waals surface area contributed by atoms with Gasteiger partial charge in [0.25, 0.3) is 0 Å². The number of aryl methyl sites for hydroxylation is 1. The summed E-state index contributed by atoms with van der Waals surface area (Å²) in [5, 5.41) is 12.3. The molecule has 0 radical (unpaired) electrons. The van der Waals surface area contributed by atoms with E-state index in [-0.39, 0.29) is 6.42 Å². The molecule has 0 aliphatic carbocycles. The van der Waals surface area contributed by atoms with Crippen LogP contribution >= 0.6 is 0 Å². The van der Waals surface area contributed by atoms with E-state index in [1.165, 1.54) is 0 Å². The highest BCUT2D eigenvalue weighted by Gasteiger charge is 2.11. The molecule has 66 valence electrons. The Balaban J connectivity index is 2.64. The van der Waals surface area contributed by atoms with Crippen LogP contribution in [0, 0.1) is 0 Å². The molecule has 0 aliphatic heterocycles. The molecule has 1 aromatic heterocycles. The number of carboxylic acid groups (broad SMARTS) is 1. The molecule has 5 nitrogen and oxygen atoms in total. The minimum atomic E-state index is -0.897. The molecular formula is C7H11N3O2. The number of carboxylic acids is 1. The maximum atomic E-state index is 10.3. The van der Waals surface area contributed by atoms with Gasteiger partial charge in [0.1, 0.15) is 0 Å². The molecule has 5 heteroatoms. The van der Waals surface area contributed by atoms with Crippen molar-refractivity contribution in [2.75, 3.05) is 0 Å². The summed E-state index contributed by atoms with van der Waals surface area (Å²) in [4.78, 5) is 10.3. The van der Waals surface area contributed by atoms with E-state index in [0.29, 0.717) is 0 Å². The van der Waals surface area contributed by atoms with Gasteiger partial charge in [-0.05, 0) is 0 Å². The predicted molar refractivity (Wildman–Crippen MR) is 42.4 cm³/mol. The molecule has 0 aliphatic rings. The van der Waals surface area contributed by atoms with Crippen molar-refractivity contribution < 1.29 is 9.90 Å². The van der Waals surface area contributed by atoms with Crippen LogP contribution in [-0.4, -0.2) is 20.9 Å². The minimum Gasteiger partial charge on any atom is -0.481 e. The molecule has 0 fully saturated rings. The number of nitrogens with two attached hydrogens (primary N) is 1. The van der Waals surface area contributed by atoms with Crippen molar-refractivity contribution in [2.45, 2.75) is 12.5 Å². The van der Waals surface area contributed by atoms with Crippen LogP contribution in [0.15, 0.2) is 12.4 Å². The zero-order valence-corrected chi connectivity index (χ0v) is 6.77. The van der Waals surface area contributed by atoms with Crippen LogP contribution in [0.1, 0.15) is 18.0 Å². The molecule has 0 saturated carbocycles. The van der Waals surface area contributed by atoms with Crippen molar-refractivity contribution >= 4 is 5.97 Å². The summed E-state index contributed by atoms with van der Waals surface area (Å²) in [6, 6.07) is -0.462. The van der Waals surface area contributed by atoms with Crippen molar-refractivity contribution in [2.24, 2.45) is 12.8 Å². The zero-order valence-electron chi connectivity index (χ0n) is 6.77. The summed E-state index contributed by atoms with van der Waals surface area (Å²) in [7, 11) is 1.76. The fourth-order valence-corrected chi connectivity index (χ4v) is 0.938. The molecule has 1 aromatic rings. The lowest BCUT2D eigenvalue weighted by Gasteiger charge is -2.03. The Bertz CT molecular complexity index is 282. The quantitative estimate of drug-likeness (QED) is 0.661. The molecule has 1 rings (SSSR count). The third-order valence-electron chi connectivity index (χ3n) is 1.55. The van der Waals surface area contributed by atoms with Crippen LogP contribution in [-0.2, 0) is 11.8 Å². The Morgan fingerprint density at radius 2 is 2.58 bits per heavy atom. The van der Waals surface area contributed by atoms with Crippen LogP contribution in [0.4, 0.5) is 0 Å². The number of hydrogen-bond donors (Lipinski definition) is 2. The summed E-state index contributed by atoms with van der Waals surface area (Å²) in [6.45, 7) is 0. The minimum absolute atomic E-state index is 0.0638. The van der Waals surface area contributed by atoms with Gasteiger partial charge < -0.3 is 10.8 Å². The van der Waals surface area contributed by atoms with Gasteiger partial charge in [0.15, 0.2) is 0 Å². The molecular weight excluding hydrogens is 158 g/mol. The molecule has 0 spiro atoms. The third-order valence-corrected chi connectivity index (χ3v) is 1.55. The lowest BCUT2D eigenvalue weighted by Crippen LogP contribution is -2.14. The lowest BCUT2D eigenvalue weighted by molar-refractivity contribution is -0.137. The van der Waals surface area contributed by atoms with Crippen LogP contribution in [0.5, 0.6) is 0 Å². The molecule has 0 aromatic carbocycles. The second-order valence-corrected chi connectivity index (χ2v) is 2.65. The van der Waals surface area contributed by atoms with Crippen LogP contribution < -0.4 is 5.73 Å². The van der Waals surface area contributed by atoms with Gasteiger partial charge in [-0.1, -0.05) is 0 Å². The van der Waals surface area contributed by atoms with Gasteiger partial charge in [-0.25, -0.2) is 0 Å². The number of aliphatic carboxylic acids is 1. The summed E-state index contributed by atoms with van der Waals surface area (Å²) in [5.74, 6) is -0.897. The first-order chi connectivity index (χ1) is 5.59. The number of nitrogens with zero attached hydrogens (tertiary/aromatic N) is 2. The molecule has 3 N–H and O–H groups in total. The first kappa shape index (κ1) is 8.73. The Morgan fingerprint density at radius 1 is 1.92 bits per heavy atom. The van der Waals surface area contributed by atoms with Gasteiger partial charge in [0, 0.05) is 24.8 Å². The second kappa shape index (κ2) is 3.36. The van der Waals surface area contributed by atoms with Gasteiger partial charge in [0.2, 0.25) is 0 Å². The largest absolute Gasteiger partial charge is 0.481 e. The van der Waals surface area contributed by atoms with Gasteiger partial charge >= 0.3 is 5.97 Å². The van der Waals surface area contributed by atoms with Crippen molar-refractivity contribution in [3.63, 3.8) is 0 Å².